The lowest BCUT2D eigenvalue weighted by Crippen LogP contribution is -2.23. The number of aliphatic hydroxyl groups is 1. The Morgan fingerprint density at radius 2 is 2.27 bits per heavy atom. The Hall–Kier alpha value is -0.930. The highest BCUT2D eigenvalue weighted by molar-refractivity contribution is 5.26. The van der Waals surface area contributed by atoms with Crippen LogP contribution in [0.2, 0.25) is 0 Å². The van der Waals surface area contributed by atoms with Crippen molar-refractivity contribution in [2.24, 2.45) is 0 Å². The van der Waals surface area contributed by atoms with Crippen LogP contribution in [0.25, 0.3) is 0 Å². The molecular formula is C12H16FNO. The Labute approximate surface area is 89.1 Å². The van der Waals surface area contributed by atoms with Crippen LogP contribution < -0.4 is 5.32 Å². The van der Waals surface area contributed by atoms with Crippen molar-refractivity contribution < 1.29 is 9.50 Å². The zero-order valence-electron chi connectivity index (χ0n) is 8.83. The molecule has 1 aromatic rings. The maximum atomic E-state index is 13.4. The largest absolute Gasteiger partial charge is 0.387 e. The second-order valence-corrected chi connectivity index (χ2v) is 4.22. The lowest BCUT2D eigenvalue weighted by atomic mass is 10.1. The highest BCUT2D eigenvalue weighted by Gasteiger charge is 2.22. The second kappa shape index (κ2) is 4.29. The van der Waals surface area contributed by atoms with Crippen LogP contribution in [0.15, 0.2) is 18.2 Å². The van der Waals surface area contributed by atoms with Crippen molar-refractivity contribution in [3.8, 4) is 0 Å². The number of benzene rings is 1. The van der Waals surface area contributed by atoms with E-state index < -0.39 is 6.10 Å². The predicted octanol–water partition coefficient (Wildman–Crippen LogP) is 1.92. The Morgan fingerprint density at radius 1 is 1.53 bits per heavy atom. The first kappa shape index (κ1) is 10.6. The molecule has 0 heterocycles. The molecule has 1 saturated carbocycles. The number of nitrogens with one attached hydrogen (secondary N) is 1. The van der Waals surface area contributed by atoms with Crippen LogP contribution in [0.5, 0.6) is 0 Å². The van der Waals surface area contributed by atoms with E-state index in [1.807, 2.05) is 6.92 Å². The smallest absolute Gasteiger partial charge is 0.129 e. The fraction of sp³-hybridized carbons (Fsp3) is 0.500. The van der Waals surface area contributed by atoms with E-state index in [1.165, 1.54) is 18.9 Å². The van der Waals surface area contributed by atoms with Gasteiger partial charge >= 0.3 is 0 Å². The summed E-state index contributed by atoms with van der Waals surface area (Å²) in [6.07, 6.45) is 1.59. The van der Waals surface area contributed by atoms with E-state index in [1.54, 1.807) is 12.1 Å². The summed E-state index contributed by atoms with van der Waals surface area (Å²) in [7, 11) is 0. The second-order valence-electron chi connectivity index (χ2n) is 4.22. The lowest BCUT2D eigenvalue weighted by molar-refractivity contribution is 0.169. The fourth-order valence-corrected chi connectivity index (χ4v) is 1.59. The zero-order valence-corrected chi connectivity index (χ0v) is 8.83. The molecule has 0 amide bonds. The van der Waals surface area contributed by atoms with Gasteiger partial charge in [-0.1, -0.05) is 17.7 Å². The van der Waals surface area contributed by atoms with Crippen molar-refractivity contribution in [1.29, 1.82) is 0 Å². The van der Waals surface area contributed by atoms with Gasteiger partial charge in [-0.25, -0.2) is 4.39 Å². The third-order valence-corrected chi connectivity index (χ3v) is 2.69. The van der Waals surface area contributed by atoms with Gasteiger partial charge in [-0.15, -0.1) is 0 Å². The average Bonchev–Trinajstić information content (AvgIpc) is 3.02. The van der Waals surface area contributed by atoms with Crippen LogP contribution in [-0.2, 0) is 0 Å². The van der Waals surface area contributed by atoms with E-state index in [-0.39, 0.29) is 5.82 Å². The Bertz CT molecular complexity index is 349. The Kier molecular flexibility index (Phi) is 3.03. The van der Waals surface area contributed by atoms with Crippen molar-refractivity contribution >= 4 is 0 Å². The highest BCUT2D eigenvalue weighted by Crippen LogP contribution is 2.22. The molecule has 2 rings (SSSR count). The van der Waals surface area contributed by atoms with Crippen molar-refractivity contribution in [1.82, 2.24) is 5.32 Å². The minimum Gasteiger partial charge on any atom is -0.387 e. The predicted molar refractivity (Wildman–Crippen MR) is 57.1 cm³/mol. The van der Waals surface area contributed by atoms with E-state index in [9.17, 15) is 9.50 Å². The SMILES string of the molecule is Cc1ccc(F)c(C(O)CNC2CC2)c1. The van der Waals surface area contributed by atoms with Gasteiger partial charge in [-0.3, -0.25) is 0 Å². The summed E-state index contributed by atoms with van der Waals surface area (Å²) in [5, 5.41) is 13.0. The molecule has 2 N–H and O–H groups in total. The molecule has 0 saturated heterocycles. The topological polar surface area (TPSA) is 32.3 Å². The number of aliphatic hydroxyl groups excluding tert-OH is 1. The first-order valence-electron chi connectivity index (χ1n) is 5.34. The molecule has 3 heteroatoms. The summed E-state index contributed by atoms with van der Waals surface area (Å²) >= 11 is 0. The summed E-state index contributed by atoms with van der Waals surface area (Å²) < 4.78 is 13.4. The number of halogens is 1. The number of hydrogen-bond acceptors (Lipinski definition) is 2. The summed E-state index contributed by atoms with van der Waals surface area (Å²) in [5.74, 6) is -0.328. The van der Waals surface area contributed by atoms with Crippen LogP contribution in [0, 0.1) is 12.7 Å². The molecule has 0 bridgehead atoms. The molecular weight excluding hydrogens is 193 g/mol. The first-order valence-corrected chi connectivity index (χ1v) is 5.34. The molecule has 82 valence electrons. The molecule has 0 aliphatic heterocycles. The van der Waals surface area contributed by atoms with Crippen molar-refractivity contribution in [2.45, 2.75) is 31.9 Å². The third-order valence-electron chi connectivity index (χ3n) is 2.69. The van der Waals surface area contributed by atoms with E-state index in [2.05, 4.69) is 5.32 Å². The standard InChI is InChI=1S/C12H16FNO/c1-8-2-5-11(13)10(6-8)12(15)7-14-9-3-4-9/h2,5-6,9,12,14-15H,3-4,7H2,1H3. The average molecular weight is 209 g/mol. The molecule has 1 unspecified atom stereocenters. The molecule has 0 spiro atoms. The molecule has 1 fully saturated rings. The summed E-state index contributed by atoms with van der Waals surface area (Å²) in [6.45, 7) is 2.33. The maximum absolute atomic E-state index is 13.4. The van der Waals surface area contributed by atoms with Crippen LogP contribution in [-0.4, -0.2) is 17.7 Å². The van der Waals surface area contributed by atoms with Crippen LogP contribution >= 0.6 is 0 Å². The zero-order chi connectivity index (χ0) is 10.8. The third kappa shape index (κ3) is 2.76. The van der Waals surface area contributed by atoms with Gasteiger partial charge in [0.05, 0.1) is 6.10 Å². The summed E-state index contributed by atoms with van der Waals surface area (Å²) in [5.41, 5.74) is 1.36. The van der Waals surface area contributed by atoms with Crippen LogP contribution in [0.3, 0.4) is 0 Å². The molecule has 2 nitrogen and oxygen atoms in total. The number of rotatable bonds is 4. The van der Waals surface area contributed by atoms with E-state index in [0.717, 1.165) is 5.56 Å². The molecule has 0 aromatic heterocycles. The van der Waals surface area contributed by atoms with Gasteiger partial charge in [0.15, 0.2) is 0 Å². The minimum absolute atomic E-state index is 0.328. The Morgan fingerprint density at radius 3 is 2.93 bits per heavy atom. The number of aryl methyl sites for hydroxylation is 1. The first-order chi connectivity index (χ1) is 7.16. The van der Waals surface area contributed by atoms with Crippen LogP contribution in [0.1, 0.15) is 30.1 Å². The van der Waals surface area contributed by atoms with Gasteiger partial charge in [0.25, 0.3) is 0 Å². The van der Waals surface area contributed by atoms with Gasteiger partial charge in [-0.2, -0.15) is 0 Å². The van der Waals surface area contributed by atoms with Crippen molar-refractivity contribution in [3.05, 3.63) is 35.1 Å². The lowest BCUT2D eigenvalue weighted by Gasteiger charge is -2.13. The molecule has 1 aliphatic carbocycles. The van der Waals surface area contributed by atoms with Gasteiger partial charge in [0, 0.05) is 18.2 Å². The van der Waals surface area contributed by atoms with Gasteiger partial charge < -0.3 is 10.4 Å². The fourth-order valence-electron chi connectivity index (χ4n) is 1.59. The van der Waals surface area contributed by atoms with Gasteiger partial charge in [0.1, 0.15) is 5.82 Å². The normalized spacial score (nSPS) is 17.8. The number of hydrogen-bond donors (Lipinski definition) is 2. The molecule has 15 heavy (non-hydrogen) atoms. The van der Waals surface area contributed by atoms with Gasteiger partial charge in [-0.05, 0) is 25.8 Å². The summed E-state index contributed by atoms with van der Waals surface area (Å²) in [4.78, 5) is 0. The molecule has 1 aromatic carbocycles. The maximum Gasteiger partial charge on any atom is 0.129 e. The minimum atomic E-state index is -0.745. The summed E-state index contributed by atoms with van der Waals surface area (Å²) in [6, 6.07) is 5.35. The van der Waals surface area contributed by atoms with E-state index in [4.69, 9.17) is 0 Å². The monoisotopic (exact) mass is 209 g/mol. The van der Waals surface area contributed by atoms with Crippen molar-refractivity contribution in [3.63, 3.8) is 0 Å². The van der Waals surface area contributed by atoms with Crippen molar-refractivity contribution in [2.75, 3.05) is 6.54 Å². The van der Waals surface area contributed by atoms with E-state index in [0.29, 0.717) is 18.2 Å². The Balaban J connectivity index is 2.02. The molecule has 1 atom stereocenters. The molecule has 1 aliphatic rings. The van der Waals surface area contributed by atoms with E-state index >= 15 is 0 Å². The van der Waals surface area contributed by atoms with Crippen LogP contribution in [0.4, 0.5) is 4.39 Å². The molecule has 0 radical (unpaired) electrons. The quantitative estimate of drug-likeness (QED) is 0.794. The van der Waals surface area contributed by atoms with Gasteiger partial charge in [0.2, 0.25) is 0 Å². The highest BCUT2D eigenvalue weighted by atomic mass is 19.1.